The number of halogens is 1. The van der Waals surface area contributed by atoms with Crippen LogP contribution in [0.4, 0.5) is 0 Å². The second kappa shape index (κ2) is 9.33. The van der Waals surface area contributed by atoms with Crippen molar-refractivity contribution in [3.05, 3.63) is 17.7 Å². The lowest BCUT2D eigenvalue weighted by molar-refractivity contribution is -0.131. The summed E-state index contributed by atoms with van der Waals surface area (Å²) in [5.74, 6) is 2.05. The topological polar surface area (TPSA) is 60.0 Å². The highest BCUT2D eigenvalue weighted by atomic mass is 35.5. The summed E-state index contributed by atoms with van der Waals surface area (Å²) in [5, 5.41) is 3.61. The summed E-state index contributed by atoms with van der Waals surface area (Å²) < 4.78 is 16.1. The van der Waals surface area contributed by atoms with Gasteiger partial charge in [0.15, 0.2) is 11.5 Å². The van der Waals surface area contributed by atoms with E-state index in [2.05, 4.69) is 5.32 Å². The number of nitrogens with one attached hydrogen (secondary N) is 1. The highest BCUT2D eigenvalue weighted by Gasteiger charge is 2.30. The minimum atomic E-state index is 0. The summed E-state index contributed by atoms with van der Waals surface area (Å²) in [5.41, 5.74) is 1.01. The summed E-state index contributed by atoms with van der Waals surface area (Å²) in [4.78, 5) is 14.7. The van der Waals surface area contributed by atoms with Crippen LogP contribution in [0.15, 0.2) is 12.1 Å². The first-order chi connectivity index (χ1) is 12.1. The van der Waals surface area contributed by atoms with Crippen LogP contribution in [0.2, 0.25) is 0 Å². The molecule has 6 nitrogen and oxygen atoms in total. The molecule has 1 amide bonds. The average Bonchev–Trinajstić information content (AvgIpc) is 2.97. The lowest BCUT2D eigenvalue weighted by atomic mass is 10.1. The normalized spacial score (nSPS) is 21.6. The Morgan fingerprint density at radius 3 is 2.35 bits per heavy atom. The number of carbonyl (C=O) groups excluding carboxylic acids is 1. The van der Waals surface area contributed by atoms with Crippen LogP contribution in [-0.2, 0) is 11.2 Å². The van der Waals surface area contributed by atoms with Gasteiger partial charge in [-0.3, -0.25) is 4.79 Å². The van der Waals surface area contributed by atoms with E-state index < -0.39 is 0 Å². The number of benzene rings is 1. The van der Waals surface area contributed by atoms with Gasteiger partial charge in [-0.1, -0.05) is 0 Å². The van der Waals surface area contributed by atoms with Crippen LogP contribution in [0, 0.1) is 0 Å². The molecule has 0 saturated carbocycles. The van der Waals surface area contributed by atoms with Crippen molar-refractivity contribution in [1.29, 1.82) is 0 Å². The number of amides is 1. The second-order valence-corrected chi connectivity index (χ2v) is 6.80. The van der Waals surface area contributed by atoms with Gasteiger partial charge in [-0.05, 0) is 43.4 Å². The van der Waals surface area contributed by atoms with Crippen molar-refractivity contribution in [3.63, 3.8) is 0 Å². The summed E-state index contributed by atoms with van der Waals surface area (Å²) in [7, 11) is 4.79. The number of rotatable bonds is 6. The molecule has 0 spiro atoms. The molecule has 26 heavy (non-hydrogen) atoms. The standard InChI is InChI=1S/C19H28N2O4.ClH/c1-23-16-10-13(11-17(24-2)19(16)25-3)4-7-18(22)21-9-8-14-5-6-15(12-21)20-14;/h10-11,14-15,20H,4-9,12H2,1-3H3;1H. The lowest BCUT2D eigenvalue weighted by Gasteiger charge is -2.24. The van der Waals surface area contributed by atoms with Crippen LogP contribution in [0.5, 0.6) is 17.2 Å². The van der Waals surface area contributed by atoms with Gasteiger partial charge in [-0.25, -0.2) is 0 Å². The molecule has 146 valence electrons. The molecule has 3 rings (SSSR count). The summed E-state index contributed by atoms with van der Waals surface area (Å²) in [6.07, 6.45) is 4.65. The third kappa shape index (κ3) is 4.54. The molecule has 2 fully saturated rings. The van der Waals surface area contributed by atoms with E-state index in [-0.39, 0.29) is 18.3 Å². The Morgan fingerprint density at radius 1 is 1.08 bits per heavy atom. The van der Waals surface area contributed by atoms with Crippen LogP contribution in [0.1, 0.15) is 31.2 Å². The first-order valence-corrected chi connectivity index (χ1v) is 8.97. The Bertz CT molecular complexity index is 601. The molecule has 0 aromatic heterocycles. The maximum Gasteiger partial charge on any atom is 0.222 e. The van der Waals surface area contributed by atoms with Gasteiger partial charge in [-0.15, -0.1) is 12.4 Å². The fourth-order valence-corrected chi connectivity index (χ4v) is 3.86. The number of methoxy groups -OCH3 is 3. The molecule has 7 heteroatoms. The van der Waals surface area contributed by atoms with E-state index in [1.165, 1.54) is 12.8 Å². The van der Waals surface area contributed by atoms with E-state index >= 15 is 0 Å². The van der Waals surface area contributed by atoms with Crippen LogP contribution >= 0.6 is 12.4 Å². The minimum absolute atomic E-state index is 0. The number of carbonyl (C=O) groups is 1. The van der Waals surface area contributed by atoms with E-state index in [0.29, 0.717) is 42.2 Å². The van der Waals surface area contributed by atoms with Crippen LogP contribution in [0.25, 0.3) is 0 Å². The number of likely N-dealkylation sites (tertiary alicyclic amines) is 1. The highest BCUT2D eigenvalue weighted by Crippen LogP contribution is 2.38. The lowest BCUT2D eigenvalue weighted by Crippen LogP contribution is -2.39. The Kier molecular flexibility index (Phi) is 7.41. The van der Waals surface area contributed by atoms with Crippen LogP contribution in [0.3, 0.4) is 0 Å². The molecule has 2 heterocycles. The van der Waals surface area contributed by atoms with E-state index in [0.717, 1.165) is 25.1 Å². The molecule has 2 aliphatic heterocycles. The van der Waals surface area contributed by atoms with Crippen molar-refractivity contribution in [2.45, 2.75) is 44.2 Å². The Hall–Kier alpha value is -1.66. The SMILES string of the molecule is COc1cc(CCC(=O)N2CCC3CCC(C2)N3)cc(OC)c1OC.Cl. The number of hydrogen-bond donors (Lipinski definition) is 1. The quantitative estimate of drug-likeness (QED) is 0.816. The van der Waals surface area contributed by atoms with E-state index in [1.807, 2.05) is 17.0 Å². The zero-order valence-electron chi connectivity index (χ0n) is 15.7. The Morgan fingerprint density at radius 2 is 1.73 bits per heavy atom. The fraction of sp³-hybridized carbons (Fsp3) is 0.632. The van der Waals surface area contributed by atoms with Crippen molar-refractivity contribution in [2.75, 3.05) is 34.4 Å². The van der Waals surface area contributed by atoms with E-state index in [9.17, 15) is 4.79 Å². The van der Waals surface area contributed by atoms with Gasteiger partial charge in [0.05, 0.1) is 21.3 Å². The molecule has 0 radical (unpaired) electrons. The zero-order chi connectivity index (χ0) is 17.8. The van der Waals surface area contributed by atoms with E-state index in [4.69, 9.17) is 14.2 Å². The molecule has 2 aliphatic rings. The molecule has 1 aromatic rings. The summed E-state index contributed by atoms with van der Waals surface area (Å²) in [6.45, 7) is 1.70. The molecule has 2 saturated heterocycles. The van der Waals surface area contributed by atoms with Gasteiger partial charge in [-0.2, -0.15) is 0 Å². The Balaban J connectivity index is 0.00000243. The molecule has 0 aliphatic carbocycles. The smallest absolute Gasteiger partial charge is 0.222 e. The van der Waals surface area contributed by atoms with Crippen molar-refractivity contribution in [2.24, 2.45) is 0 Å². The first kappa shape index (κ1) is 20.6. The largest absolute Gasteiger partial charge is 0.493 e. The molecule has 1 N–H and O–H groups in total. The molecule has 2 bridgehead atoms. The van der Waals surface area contributed by atoms with E-state index in [1.54, 1.807) is 21.3 Å². The monoisotopic (exact) mass is 384 g/mol. The van der Waals surface area contributed by atoms with Gasteiger partial charge in [0.25, 0.3) is 0 Å². The van der Waals surface area contributed by atoms with Crippen molar-refractivity contribution < 1.29 is 19.0 Å². The summed E-state index contributed by atoms with van der Waals surface area (Å²) in [6, 6.07) is 4.90. The third-order valence-corrected chi connectivity index (χ3v) is 5.23. The molecular formula is C19H29ClN2O4. The Labute approximate surface area is 161 Å². The van der Waals surface area contributed by atoms with Gasteiger partial charge >= 0.3 is 0 Å². The van der Waals surface area contributed by atoms with Crippen LogP contribution < -0.4 is 19.5 Å². The number of hydrogen-bond acceptors (Lipinski definition) is 5. The zero-order valence-corrected chi connectivity index (χ0v) is 16.6. The van der Waals surface area contributed by atoms with Gasteiger partial charge in [0.1, 0.15) is 0 Å². The minimum Gasteiger partial charge on any atom is -0.493 e. The maximum atomic E-state index is 12.6. The van der Waals surface area contributed by atoms with Gasteiger partial charge < -0.3 is 24.4 Å². The predicted molar refractivity (Wildman–Crippen MR) is 103 cm³/mol. The molecule has 2 atom stereocenters. The predicted octanol–water partition coefficient (Wildman–Crippen LogP) is 2.42. The van der Waals surface area contributed by atoms with Crippen LogP contribution in [-0.4, -0.2) is 57.3 Å². The average molecular weight is 385 g/mol. The molecular weight excluding hydrogens is 356 g/mol. The molecule has 1 aromatic carbocycles. The highest BCUT2D eigenvalue weighted by molar-refractivity contribution is 5.85. The third-order valence-electron chi connectivity index (χ3n) is 5.23. The second-order valence-electron chi connectivity index (χ2n) is 6.80. The van der Waals surface area contributed by atoms with Gasteiger partial charge in [0.2, 0.25) is 11.7 Å². The van der Waals surface area contributed by atoms with Gasteiger partial charge in [0, 0.05) is 31.6 Å². The number of aryl methyl sites for hydroxylation is 1. The molecule has 2 unspecified atom stereocenters. The van der Waals surface area contributed by atoms with Crippen molar-refractivity contribution in [1.82, 2.24) is 10.2 Å². The maximum absolute atomic E-state index is 12.6. The summed E-state index contributed by atoms with van der Waals surface area (Å²) >= 11 is 0. The van der Waals surface area contributed by atoms with Crippen molar-refractivity contribution >= 4 is 18.3 Å². The van der Waals surface area contributed by atoms with Crippen molar-refractivity contribution in [3.8, 4) is 17.2 Å². The number of fused-ring (bicyclic) bond motifs is 2. The fourth-order valence-electron chi connectivity index (χ4n) is 3.86. The number of ether oxygens (including phenoxy) is 3. The first-order valence-electron chi connectivity index (χ1n) is 8.97. The number of nitrogens with zero attached hydrogens (tertiary/aromatic N) is 1.